The van der Waals surface area contributed by atoms with Gasteiger partial charge in [0.25, 0.3) is 0 Å². The van der Waals surface area contributed by atoms with Gasteiger partial charge in [-0.2, -0.15) is 0 Å². The Morgan fingerprint density at radius 2 is 1.62 bits per heavy atom. The molecule has 0 aromatic heterocycles. The second-order valence-corrected chi connectivity index (χ2v) is 6.81. The molecule has 3 heteroatoms. The molecule has 1 aromatic rings. The van der Waals surface area contributed by atoms with E-state index in [1.165, 1.54) is 42.4 Å². The van der Waals surface area contributed by atoms with E-state index in [0.717, 1.165) is 26.3 Å². The molecule has 116 valence electrons. The van der Waals surface area contributed by atoms with E-state index >= 15 is 0 Å². The summed E-state index contributed by atoms with van der Waals surface area (Å²) < 4.78 is 5.55. The highest BCUT2D eigenvalue weighted by Gasteiger charge is 2.45. The molecule has 3 rings (SSSR count). The minimum absolute atomic E-state index is 0.108. The summed E-state index contributed by atoms with van der Waals surface area (Å²) in [4.78, 5) is 2.62. The second-order valence-electron chi connectivity index (χ2n) is 6.81. The van der Waals surface area contributed by atoms with E-state index in [-0.39, 0.29) is 11.6 Å². The van der Waals surface area contributed by atoms with Crippen LogP contribution in [0.3, 0.4) is 0 Å². The van der Waals surface area contributed by atoms with Crippen molar-refractivity contribution in [3.05, 3.63) is 34.9 Å². The van der Waals surface area contributed by atoms with Crippen LogP contribution in [0.4, 0.5) is 0 Å². The largest absolute Gasteiger partial charge is 0.379 e. The van der Waals surface area contributed by atoms with Crippen LogP contribution in [0.15, 0.2) is 18.2 Å². The Kier molecular flexibility index (Phi) is 4.34. The first-order chi connectivity index (χ1) is 10.1. The Morgan fingerprint density at radius 3 is 2.19 bits per heavy atom. The van der Waals surface area contributed by atoms with Gasteiger partial charge in [-0.05, 0) is 32.3 Å². The van der Waals surface area contributed by atoms with Gasteiger partial charge in [-0.25, -0.2) is 0 Å². The molecule has 1 atom stereocenters. The Hall–Kier alpha value is -0.900. The molecule has 0 bridgehead atoms. The van der Waals surface area contributed by atoms with Crippen molar-refractivity contribution >= 4 is 0 Å². The molecule has 2 N–H and O–H groups in total. The minimum atomic E-state index is 0.108. The lowest BCUT2D eigenvalue weighted by atomic mass is 9.81. The van der Waals surface area contributed by atoms with Crippen LogP contribution in [0, 0.1) is 13.8 Å². The second kappa shape index (κ2) is 6.07. The summed E-state index contributed by atoms with van der Waals surface area (Å²) in [5.41, 5.74) is 10.9. The van der Waals surface area contributed by atoms with Crippen molar-refractivity contribution in [2.45, 2.75) is 51.1 Å². The van der Waals surface area contributed by atoms with Gasteiger partial charge in [0.2, 0.25) is 0 Å². The SMILES string of the molecule is Cc1cc(C)cc(C(N)C2(N3CCOCC3)CCCC2)c1. The average molecular weight is 288 g/mol. The highest BCUT2D eigenvalue weighted by Crippen LogP contribution is 2.44. The van der Waals surface area contributed by atoms with Crippen molar-refractivity contribution in [2.24, 2.45) is 5.73 Å². The number of nitrogens with zero attached hydrogens (tertiary/aromatic N) is 1. The Morgan fingerprint density at radius 1 is 1.05 bits per heavy atom. The Labute approximate surface area is 128 Å². The molecule has 2 aliphatic rings. The zero-order chi connectivity index (χ0) is 14.9. The van der Waals surface area contributed by atoms with Crippen molar-refractivity contribution in [1.29, 1.82) is 0 Å². The fourth-order valence-corrected chi connectivity index (χ4v) is 4.32. The molecular weight excluding hydrogens is 260 g/mol. The van der Waals surface area contributed by atoms with Gasteiger partial charge in [0.1, 0.15) is 0 Å². The summed E-state index contributed by atoms with van der Waals surface area (Å²) in [6, 6.07) is 6.89. The van der Waals surface area contributed by atoms with Gasteiger partial charge in [0, 0.05) is 24.7 Å². The highest BCUT2D eigenvalue weighted by molar-refractivity contribution is 5.33. The summed E-state index contributed by atoms with van der Waals surface area (Å²) in [5.74, 6) is 0. The highest BCUT2D eigenvalue weighted by atomic mass is 16.5. The monoisotopic (exact) mass is 288 g/mol. The first-order valence-electron chi connectivity index (χ1n) is 8.28. The first kappa shape index (κ1) is 15.0. The van der Waals surface area contributed by atoms with Crippen molar-refractivity contribution in [1.82, 2.24) is 4.90 Å². The van der Waals surface area contributed by atoms with Gasteiger partial charge < -0.3 is 10.5 Å². The van der Waals surface area contributed by atoms with Crippen LogP contribution in [-0.2, 0) is 4.74 Å². The zero-order valence-corrected chi connectivity index (χ0v) is 13.4. The molecule has 0 radical (unpaired) electrons. The van der Waals surface area contributed by atoms with Crippen LogP contribution >= 0.6 is 0 Å². The Balaban J connectivity index is 1.92. The summed E-state index contributed by atoms with van der Waals surface area (Å²) in [7, 11) is 0. The topological polar surface area (TPSA) is 38.5 Å². The van der Waals surface area contributed by atoms with Crippen molar-refractivity contribution in [2.75, 3.05) is 26.3 Å². The molecule has 0 amide bonds. The van der Waals surface area contributed by atoms with Gasteiger partial charge in [0.05, 0.1) is 13.2 Å². The molecule has 21 heavy (non-hydrogen) atoms. The first-order valence-corrected chi connectivity index (χ1v) is 8.28. The maximum atomic E-state index is 6.82. The van der Waals surface area contributed by atoms with Crippen LogP contribution in [0.5, 0.6) is 0 Å². The molecule has 1 aliphatic heterocycles. The third kappa shape index (κ3) is 2.87. The number of aryl methyl sites for hydroxylation is 2. The van der Waals surface area contributed by atoms with E-state index in [4.69, 9.17) is 10.5 Å². The zero-order valence-electron chi connectivity index (χ0n) is 13.4. The van der Waals surface area contributed by atoms with Crippen molar-refractivity contribution in [3.63, 3.8) is 0 Å². The van der Waals surface area contributed by atoms with E-state index in [9.17, 15) is 0 Å². The minimum Gasteiger partial charge on any atom is -0.379 e. The molecule has 1 saturated carbocycles. The maximum absolute atomic E-state index is 6.82. The molecule has 0 spiro atoms. The van der Waals surface area contributed by atoms with Gasteiger partial charge in [0.15, 0.2) is 0 Å². The number of nitrogens with two attached hydrogens (primary N) is 1. The smallest absolute Gasteiger partial charge is 0.0594 e. The van der Waals surface area contributed by atoms with Crippen LogP contribution < -0.4 is 5.73 Å². The lowest BCUT2D eigenvalue weighted by Crippen LogP contribution is -2.57. The summed E-state index contributed by atoms with van der Waals surface area (Å²) in [6.45, 7) is 8.08. The van der Waals surface area contributed by atoms with Crippen LogP contribution in [0.25, 0.3) is 0 Å². The molecule has 1 aromatic carbocycles. The van der Waals surface area contributed by atoms with Gasteiger partial charge in [-0.3, -0.25) is 4.90 Å². The Bertz CT molecular complexity index is 468. The van der Waals surface area contributed by atoms with Crippen LogP contribution in [-0.4, -0.2) is 36.7 Å². The lowest BCUT2D eigenvalue weighted by Gasteiger charge is -2.47. The van der Waals surface area contributed by atoms with E-state index in [1.807, 2.05) is 0 Å². The molecular formula is C18H28N2O. The normalized spacial score (nSPS) is 24.1. The van der Waals surface area contributed by atoms with E-state index < -0.39 is 0 Å². The third-order valence-corrected chi connectivity index (χ3v) is 5.29. The van der Waals surface area contributed by atoms with E-state index in [1.54, 1.807) is 0 Å². The average Bonchev–Trinajstić information content (AvgIpc) is 2.97. The maximum Gasteiger partial charge on any atom is 0.0594 e. The van der Waals surface area contributed by atoms with E-state index in [0.29, 0.717) is 0 Å². The van der Waals surface area contributed by atoms with Crippen molar-refractivity contribution in [3.8, 4) is 0 Å². The molecule has 1 heterocycles. The summed E-state index contributed by atoms with van der Waals surface area (Å²) in [5, 5.41) is 0. The van der Waals surface area contributed by atoms with E-state index in [2.05, 4.69) is 36.9 Å². The fraction of sp³-hybridized carbons (Fsp3) is 0.667. The van der Waals surface area contributed by atoms with Crippen LogP contribution in [0.1, 0.15) is 48.4 Å². The van der Waals surface area contributed by atoms with Gasteiger partial charge in [-0.1, -0.05) is 42.2 Å². The third-order valence-electron chi connectivity index (χ3n) is 5.29. The standard InChI is InChI=1S/C18H28N2O/c1-14-11-15(2)13-16(12-14)17(19)18(5-3-4-6-18)20-7-9-21-10-8-20/h11-13,17H,3-10,19H2,1-2H3. The molecule has 1 aliphatic carbocycles. The summed E-state index contributed by atoms with van der Waals surface area (Å²) >= 11 is 0. The number of benzene rings is 1. The molecule has 1 unspecified atom stereocenters. The van der Waals surface area contributed by atoms with Gasteiger partial charge in [-0.15, -0.1) is 0 Å². The molecule has 1 saturated heterocycles. The van der Waals surface area contributed by atoms with Crippen LogP contribution in [0.2, 0.25) is 0 Å². The van der Waals surface area contributed by atoms with Crippen molar-refractivity contribution < 1.29 is 4.74 Å². The predicted octanol–water partition coefficient (Wildman–Crippen LogP) is 2.95. The number of morpholine rings is 1. The lowest BCUT2D eigenvalue weighted by molar-refractivity contribution is -0.0311. The summed E-state index contributed by atoms with van der Waals surface area (Å²) in [6.07, 6.45) is 5.05. The number of hydrogen-bond donors (Lipinski definition) is 1. The number of ether oxygens (including phenoxy) is 1. The van der Waals surface area contributed by atoms with Gasteiger partial charge >= 0.3 is 0 Å². The molecule has 2 fully saturated rings. The molecule has 3 nitrogen and oxygen atoms in total. The predicted molar refractivity (Wildman–Crippen MR) is 86.4 cm³/mol. The number of rotatable bonds is 3. The quantitative estimate of drug-likeness (QED) is 0.929. The number of hydrogen-bond acceptors (Lipinski definition) is 3. The fourth-order valence-electron chi connectivity index (χ4n) is 4.32.